The van der Waals surface area contributed by atoms with E-state index in [9.17, 15) is 26.4 Å². The molecule has 0 amide bonds. The molecule has 140 valence electrons. The van der Waals surface area contributed by atoms with Gasteiger partial charge in [0.05, 0.1) is 11.7 Å². The fraction of sp³-hybridized carbons (Fsp3) is 0.500. The maximum Gasteiger partial charge on any atom is 0.523 e. The normalized spacial score (nSPS) is 24.2. The number of esters is 1. The highest BCUT2D eigenvalue weighted by atomic mass is 32.2. The smallest absolute Gasteiger partial charge is 0.459 e. The van der Waals surface area contributed by atoms with Crippen molar-refractivity contribution in [2.45, 2.75) is 30.4 Å². The van der Waals surface area contributed by atoms with Gasteiger partial charge in [-0.05, 0) is 12.1 Å². The van der Waals surface area contributed by atoms with Gasteiger partial charge >= 0.3 is 21.6 Å². The number of methoxy groups -OCH3 is 1. The van der Waals surface area contributed by atoms with E-state index in [1.54, 1.807) is 18.2 Å². The van der Waals surface area contributed by atoms with Crippen molar-refractivity contribution in [2.75, 3.05) is 13.7 Å². The molecule has 0 spiro atoms. The van der Waals surface area contributed by atoms with Gasteiger partial charge in [-0.1, -0.05) is 18.2 Å². The largest absolute Gasteiger partial charge is 0.523 e. The zero-order valence-electron chi connectivity index (χ0n) is 12.9. The number of benzene rings is 1. The van der Waals surface area contributed by atoms with Crippen molar-refractivity contribution in [1.82, 2.24) is 0 Å². The van der Waals surface area contributed by atoms with E-state index in [0.717, 1.165) is 7.11 Å². The van der Waals surface area contributed by atoms with E-state index in [2.05, 4.69) is 4.18 Å². The van der Waals surface area contributed by atoms with E-state index in [1.807, 2.05) is 0 Å². The number of carbonyl (C=O) groups is 1. The van der Waals surface area contributed by atoms with Crippen LogP contribution in [0, 0.1) is 0 Å². The molecule has 2 rings (SSSR count). The van der Waals surface area contributed by atoms with Crippen LogP contribution in [0.2, 0.25) is 0 Å². The van der Waals surface area contributed by atoms with Crippen LogP contribution in [0.25, 0.3) is 0 Å². The highest BCUT2D eigenvalue weighted by molar-refractivity contribution is 7.87. The van der Waals surface area contributed by atoms with Crippen molar-refractivity contribution in [3.8, 4) is 0 Å². The van der Waals surface area contributed by atoms with Gasteiger partial charge in [-0.25, -0.2) is 4.79 Å². The number of alkyl halides is 3. The zero-order chi connectivity index (χ0) is 18.7. The fourth-order valence-corrected chi connectivity index (χ4v) is 2.75. The van der Waals surface area contributed by atoms with E-state index in [-0.39, 0.29) is 18.6 Å². The molecule has 1 aromatic rings. The minimum absolute atomic E-state index is 0.254. The van der Waals surface area contributed by atoms with Crippen LogP contribution >= 0.6 is 0 Å². The topological polar surface area (TPSA) is 88.1 Å². The number of carbonyl (C=O) groups excluding carboxylic acids is 1. The summed E-state index contributed by atoms with van der Waals surface area (Å²) in [5.74, 6) is -0.648. The molecule has 11 heteroatoms. The monoisotopic (exact) mass is 384 g/mol. The molecular weight excluding hydrogens is 369 g/mol. The van der Waals surface area contributed by atoms with Crippen LogP contribution in [-0.2, 0) is 28.5 Å². The lowest BCUT2D eigenvalue weighted by atomic mass is 10.2. The Hall–Kier alpha value is -1.69. The number of hydrogen-bond acceptors (Lipinski definition) is 7. The summed E-state index contributed by atoms with van der Waals surface area (Å²) in [4.78, 5) is 11.8. The quantitative estimate of drug-likeness (QED) is 0.420. The summed E-state index contributed by atoms with van der Waals surface area (Å²) < 4.78 is 78.5. The summed E-state index contributed by atoms with van der Waals surface area (Å²) in [5.41, 5.74) is -5.26. The maximum atomic E-state index is 12.4. The van der Waals surface area contributed by atoms with Gasteiger partial charge in [0.15, 0.2) is 6.29 Å². The SMILES string of the molecule is COC1O[C@H](COC(=O)c2ccccc2)CC1OS(=O)(=O)C(F)(F)F. The Morgan fingerprint density at radius 2 is 1.92 bits per heavy atom. The molecule has 0 radical (unpaired) electrons. The molecule has 1 fully saturated rings. The Bertz CT molecular complexity index is 690. The van der Waals surface area contributed by atoms with Crippen molar-refractivity contribution in [3.05, 3.63) is 35.9 Å². The lowest BCUT2D eigenvalue weighted by Gasteiger charge is -2.17. The lowest BCUT2D eigenvalue weighted by molar-refractivity contribution is -0.151. The molecule has 0 aromatic heterocycles. The number of rotatable bonds is 6. The summed E-state index contributed by atoms with van der Waals surface area (Å²) in [6.07, 6.45) is -3.96. The van der Waals surface area contributed by atoms with E-state index in [0.29, 0.717) is 0 Å². The highest BCUT2D eigenvalue weighted by Crippen LogP contribution is 2.31. The molecule has 7 nitrogen and oxygen atoms in total. The predicted molar refractivity (Wildman–Crippen MR) is 76.9 cm³/mol. The first-order valence-electron chi connectivity index (χ1n) is 7.04. The number of halogens is 3. The molecular formula is C14H15F3O7S. The van der Waals surface area contributed by atoms with Gasteiger partial charge in [0.25, 0.3) is 0 Å². The standard InChI is InChI=1S/C14H15F3O7S/c1-21-13-11(24-25(19,20)14(15,16)17)7-10(23-13)8-22-12(18)9-5-3-2-4-6-9/h2-6,10-11,13H,7-8H2,1H3/t10-,11?,13?/m0/s1. The predicted octanol–water partition coefficient (Wildman–Crippen LogP) is 1.84. The van der Waals surface area contributed by atoms with Crippen LogP contribution in [0.15, 0.2) is 30.3 Å². The second-order valence-corrected chi connectivity index (χ2v) is 6.66. The van der Waals surface area contributed by atoms with Crippen LogP contribution in [0.1, 0.15) is 16.8 Å². The minimum atomic E-state index is -5.79. The Morgan fingerprint density at radius 3 is 2.48 bits per heavy atom. The van der Waals surface area contributed by atoms with Crippen molar-refractivity contribution in [3.63, 3.8) is 0 Å². The molecule has 1 aromatic carbocycles. The number of ether oxygens (including phenoxy) is 3. The third-order valence-corrected chi connectivity index (χ3v) is 4.37. The Balaban J connectivity index is 1.94. The maximum absolute atomic E-state index is 12.4. The minimum Gasteiger partial charge on any atom is -0.459 e. The van der Waals surface area contributed by atoms with Gasteiger partial charge < -0.3 is 14.2 Å². The summed E-state index contributed by atoms with van der Waals surface area (Å²) in [6, 6.07) is 8.03. The van der Waals surface area contributed by atoms with E-state index in [1.165, 1.54) is 12.1 Å². The summed E-state index contributed by atoms with van der Waals surface area (Å²) in [7, 11) is -4.67. The third-order valence-electron chi connectivity index (χ3n) is 3.30. The van der Waals surface area contributed by atoms with Crippen LogP contribution in [0.3, 0.4) is 0 Å². The molecule has 1 aliphatic rings. The Kier molecular flexibility index (Phi) is 6.03. The van der Waals surface area contributed by atoms with Gasteiger partial charge in [-0.15, -0.1) is 0 Å². The van der Waals surface area contributed by atoms with Crippen LogP contribution in [-0.4, -0.2) is 52.1 Å². The second-order valence-electron chi connectivity index (χ2n) is 5.10. The first kappa shape index (κ1) is 19.6. The summed E-state index contributed by atoms with van der Waals surface area (Å²) in [6.45, 7) is -0.292. The van der Waals surface area contributed by atoms with Crippen molar-refractivity contribution in [1.29, 1.82) is 0 Å². The average molecular weight is 384 g/mol. The molecule has 25 heavy (non-hydrogen) atoms. The molecule has 0 bridgehead atoms. The zero-order valence-corrected chi connectivity index (χ0v) is 13.7. The van der Waals surface area contributed by atoms with Crippen molar-refractivity contribution in [2.24, 2.45) is 0 Å². The van der Waals surface area contributed by atoms with Gasteiger partial charge in [-0.3, -0.25) is 4.18 Å². The molecule has 0 N–H and O–H groups in total. The lowest BCUT2D eigenvalue weighted by Crippen LogP contribution is -2.34. The summed E-state index contributed by atoms with van der Waals surface area (Å²) in [5, 5.41) is 0. The van der Waals surface area contributed by atoms with Gasteiger partial charge in [0.1, 0.15) is 12.7 Å². The second kappa shape index (κ2) is 7.68. The van der Waals surface area contributed by atoms with E-state index >= 15 is 0 Å². The highest BCUT2D eigenvalue weighted by Gasteiger charge is 2.51. The fourth-order valence-electron chi connectivity index (χ4n) is 2.15. The average Bonchev–Trinajstić information content (AvgIpc) is 2.93. The van der Waals surface area contributed by atoms with Gasteiger partial charge in [0.2, 0.25) is 0 Å². The first-order valence-corrected chi connectivity index (χ1v) is 8.45. The summed E-state index contributed by atoms with van der Waals surface area (Å²) >= 11 is 0. The molecule has 1 saturated heterocycles. The van der Waals surface area contributed by atoms with Crippen LogP contribution < -0.4 is 0 Å². The number of hydrogen-bond donors (Lipinski definition) is 0. The molecule has 2 unspecified atom stereocenters. The molecule has 3 atom stereocenters. The van der Waals surface area contributed by atoms with Crippen molar-refractivity contribution >= 4 is 16.1 Å². The van der Waals surface area contributed by atoms with Crippen molar-refractivity contribution < 1.29 is 44.8 Å². The molecule has 0 saturated carbocycles. The van der Waals surface area contributed by atoms with E-state index in [4.69, 9.17) is 14.2 Å². The van der Waals surface area contributed by atoms with E-state index < -0.39 is 40.1 Å². The Labute approximate surface area is 141 Å². The van der Waals surface area contributed by atoms with Crippen LogP contribution in [0.4, 0.5) is 13.2 Å². The van der Waals surface area contributed by atoms with Crippen LogP contribution in [0.5, 0.6) is 0 Å². The molecule has 1 heterocycles. The molecule has 0 aliphatic carbocycles. The Morgan fingerprint density at radius 1 is 1.28 bits per heavy atom. The third kappa shape index (κ3) is 4.91. The molecule has 1 aliphatic heterocycles. The first-order chi connectivity index (χ1) is 11.6. The van der Waals surface area contributed by atoms with Gasteiger partial charge in [-0.2, -0.15) is 21.6 Å². The van der Waals surface area contributed by atoms with Gasteiger partial charge in [0, 0.05) is 13.5 Å².